The number of hydrogen-bond acceptors (Lipinski definition) is 4. The van der Waals surface area contributed by atoms with Crippen molar-refractivity contribution in [2.75, 3.05) is 26.0 Å². The van der Waals surface area contributed by atoms with Gasteiger partial charge in [0.25, 0.3) is 5.91 Å². The van der Waals surface area contributed by atoms with Gasteiger partial charge in [-0.05, 0) is 42.7 Å². The highest BCUT2D eigenvalue weighted by molar-refractivity contribution is 7.17. The van der Waals surface area contributed by atoms with Crippen molar-refractivity contribution >= 4 is 28.2 Å². The average Bonchev–Trinajstić information content (AvgIpc) is 2.93. The molecule has 1 amide bonds. The maximum Gasteiger partial charge on any atom is 0.341 e. The molecule has 3 rings (SSSR count). The van der Waals surface area contributed by atoms with Crippen LogP contribution in [0.25, 0.3) is 0 Å². The van der Waals surface area contributed by atoms with Crippen molar-refractivity contribution in [3.63, 3.8) is 0 Å². The van der Waals surface area contributed by atoms with E-state index >= 15 is 0 Å². The molecule has 0 spiro atoms. The summed E-state index contributed by atoms with van der Waals surface area (Å²) in [7, 11) is 3.51. The van der Waals surface area contributed by atoms with Gasteiger partial charge in [-0.1, -0.05) is 6.07 Å². The third-order valence-corrected chi connectivity index (χ3v) is 5.89. The maximum atomic E-state index is 12.7. The summed E-state index contributed by atoms with van der Waals surface area (Å²) in [6, 6.07) is 5.61. The molecule has 0 bridgehead atoms. The molecule has 0 fully saturated rings. The molecule has 1 aliphatic heterocycles. The summed E-state index contributed by atoms with van der Waals surface area (Å²) in [5, 5.41) is 3.52. The minimum atomic E-state index is -0.382. The lowest BCUT2D eigenvalue weighted by Gasteiger charge is -2.19. The van der Waals surface area contributed by atoms with Gasteiger partial charge in [-0.25, -0.2) is 4.79 Å². The number of fused-ring (bicyclic) bond motifs is 1. The number of anilines is 1. The molecular formula is C19H23N2O3S+. The molecule has 0 saturated heterocycles. The molecule has 2 heterocycles. The zero-order chi connectivity index (χ0) is 18.1. The van der Waals surface area contributed by atoms with Crippen LogP contribution in [0.3, 0.4) is 0 Å². The molecule has 0 saturated carbocycles. The minimum Gasteiger partial charge on any atom is -0.465 e. The number of amides is 1. The van der Waals surface area contributed by atoms with Gasteiger partial charge in [-0.15, -0.1) is 11.3 Å². The van der Waals surface area contributed by atoms with Crippen LogP contribution in [0.15, 0.2) is 18.2 Å². The largest absolute Gasteiger partial charge is 0.465 e. The number of thiophene rings is 1. The Morgan fingerprint density at radius 3 is 2.68 bits per heavy atom. The van der Waals surface area contributed by atoms with Crippen molar-refractivity contribution < 1.29 is 19.2 Å². The number of hydrogen-bond donors (Lipinski definition) is 2. The van der Waals surface area contributed by atoms with Crippen molar-refractivity contribution in [3.8, 4) is 0 Å². The lowest BCUT2D eigenvalue weighted by Crippen LogP contribution is -3.08. The Kier molecular flexibility index (Phi) is 4.92. The first-order chi connectivity index (χ1) is 11.9. The van der Waals surface area contributed by atoms with Crippen LogP contribution in [0.1, 0.15) is 42.3 Å². The van der Waals surface area contributed by atoms with Crippen LogP contribution < -0.4 is 10.2 Å². The summed E-state index contributed by atoms with van der Waals surface area (Å²) in [4.78, 5) is 27.5. The monoisotopic (exact) mass is 359 g/mol. The fourth-order valence-electron chi connectivity index (χ4n) is 3.08. The third-order valence-electron chi connectivity index (χ3n) is 4.74. The number of esters is 1. The third kappa shape index (κ3) is 3.45. The van der Waals surface area contributed by atoms with Crippen molar-refractivity contribution in [2.45, 2.75) is 26.8 Å². The van der Waals surface area contributed by atoms with Gasteiger partial charge >= 0.3 is 5.97 Å². The molecule has 1 aliphatic rings. The Morgan fingerprint density at radius 1 is 1.24 bits per heavy atom. The molecule has 0 aliphatic carbocycles. The van der Waals surface area contributed by atoms with Crippen molar-refractivity contribution in [1.29, 1.82) is 0 Å². The molecule has 1 atom stereocenters. The van der Waals surface area contributed by atoms with E-state index < -0.39 is 0 Å². The first-order valence-corrected chi connectivity index (χ1v) is 9.15. The summed E-state index contributed by atoms with van der Waals surface area (Å²) in [5.41, 5.74) is 4.35. The molecule has 2 aromatic rings. The Hall–Kier alpha value is -2.18. The van der Waals surface area contributed by atoms with Crippen LogP contribution in [0.4, 0.5) is 5.00 Å². The number of ether oxygens (including phenoxy) is 1. The maximum absolute atomic E-state index is 12.7. The summed E-state index contributed by atoms with van der Waals surface area (Å²) < 4.78 is 4.96. The van der Waals surface area contributed by atoms with E-state index in [2.05, 4.69) is 12.4 Å². The van der Waals surface area contributed by atoms with Gasteiger partial charge in [-0.3, -0.25) is 4.79 Å². The summed E-state index contributed by atoms with van der Waals surface area (Å²) in [6.45, 7) is 5.83. The van der Waals surface area contributed by atoms with Crippen LogP contribution in [0.2, 0.25) is 0 Å². The van der Waals surface area contributed by atoms with E-state index in [0.29, 0.717) is 16.1 Å². The Morgan fingerprint density at radius 2 is 2.00 bits per heavy atom. The van der Waals surface area contributed by atoms with Crippen molar-refractivity contribution in [2.24, 2.45) is 0 Å². The van der Waals surface area contributed by atoms with Gasteiger partial charge in [0.05, 0.1) is 31.1 Å². The number of methoxy groups -OCH3 is 1. The fourth-order valence-corrected chi connectivity index (χ4v) is 4.43. The second kappa shape index (κ2) is 6.98. The topological polar surface area (TPSA) is 59.8 Å². The number of quaternary nitrogens is 1. The van der Waals surface area contributed by atoms with Crippen molar-refractivity contribution in [1.82, 2.24) is 0 Å². The lowest BCUT2D eigenvalue weighted by molar-refractivity contribution is -0.895. The summed E-state index contributed by atoms with van der Waals surface area (Å²) in [6.07, 6.45) is 0.821. The highest BCUT2D eigenvalue weighted by atomic mass is 32.1. The quantitative estimate of drug-likeness (QED) is 0.824. The smallest absolute Gasteiger partial charge is 0.341 e. The van der Waals surface area contributed by atoms with Crippen LogP contribution in [-0.2, 0) is 17.7 Å². The van der Waals surface area contributed by atoms with E-state index in [9.17, 15) is 9.59 Å². The normalized spacial score (nSPS) is 16.2. The molecule has 25 heavy (non-hydrogen) atoms. The number of rotatable bonds is 3. The average molecular weight is 359 g/mol. The minimum absolute atomic E-state index is 0.201. The first-order valence-electron chi connectivity index (χ1n) is 8.33. The van der Waals surface area contributed by atoms with Crippen molar-refractivity contribution in [3.05, 3.63) is 50.9 Å². The predicted octanol–water partition coefficient (Wildman–Crippen LogP) is 1.97. The second-order valence-corrected chi connectivity index (χ2v) is 7.69. The van der Waals surface area contributed by atoms with E-state index in [0.717, 1.165) is 41.1 Å². The number of nitrogens with one attached hydrogen (secondary N) is 2. The fraction of sp³-hybridized carbons (Fsp3) is 0.368. The van der Waals surface area contributed by atoms with Crippen LogP contribution in [0, 0.1) is 13.8 Å². The number of benzene rings is 1. The molecule has 132 valence electrons. The zero-order valence-electron chi connectivity index (χ0n) is 15.0. The van der Waals surface area contributed by atoms with Gasteiger partial charge in [0.1, 0.15) is 11.5 Å². The molecule has 1 unspecified atom stereocenters. The SMILES string of the molecule is COC(=O)c1c(NC(=O)c2ccc(C)c(C)c2)sc2c1CC[NH+](C)C2. The van der Waals surface area contributed by atoms with E-state index in [-0.39, 0.29) is 11.9 Å². The Bertz CT molecular complexity index is 841. The number of carbonyl (C=O) groups is 2. The predicted molar refractivity (Wildman–Crippen MR) is 98.7 cm³/mol. The van der Waals surface area contributed by atoms with Crippen LogP contribution in [0.5, 0.6) is 0 Å². The van der Waals surface area contributed by atoms with Gasteiger partial charge < -0.3 is 15.0 Å². The highest BCUT2D eigenvalue weighted by Gasteiger charge is 2.30. The van der Waals surface area contributed by atoms with E-state index in [4.69, 9.17) is 4.74 Å². The van der Waals surface area contributed by atoms with Crippen LogP contribution in [-0.4, -0.2) is 32.6 Å². The number of likely N-dealkylation sites (N-methyl/N-ethyl adjacent to an activating group) is 1. The number of aryl methyl sites for hydroxylation is 2. The first kappa shape index (κ1) is 17.6. The molecule has 0 radical (unpaired) electrons. The summed E-state index contributed by atoms with van der Waals surface area (Å²) >= 11 is 1.49. The van der Waals surface area contributed by atoms with E-state index in [1.54, 1.807) is 6.07 Å². The Labute approximate surface area is 151 Å². The molecule has 5 nitrogen and oxygen atoms in total. The summed E-state index contributed by atoms with van der Waals surface area (Å²) in [5.74, 6) is -0.583. The zero-order valence-corrected chi connectivity index (χ0v) is 15.8. The van der Waals surface area contributed by atoms with Crippen LogP contribution >= 0.6 is 11.3 Å². The molecular weight excluding hydrogens is 336 g/mol. The lowest BCUT2D eigenvalue weighted by atomic mass is 10.0. The number of carbonyl (C=O) groups excluding carboxylic acids is 2. The molecule has 2 N–H and O–H groups in total. The van der Waals surface area contributed by atoms with Gasteiger partial charge in [0.2, 0.25) is 0 Å². The highest BCUT2D eigenvalue weighted by Crippen LogP contribution is 2.35. The Balaban J connectivity index is 1.95. The van der Waals surface area contributed by atoms with Gasteiger partial charge in [0.15, 0.2) is 0 Å². The second-order valence-electron chi connectivity index (χ2n) is 6.59. The van der Waals surface area contributed by atoms with E-state index in [1.807, 2.05) is 26.0 Å². The molecule has 6 heteroatoms. The molecule has 1 aromatic carbocycles. The standard InChI is InChI=1S/C19H22N2O3S/c1-11-5-6-13(9-12(11)2)17(22)20-18-16(19(23)24-4)14-7-8-21(3)10-15(14)25-18/h5-6,9H,7-8,10H2,1-4H3,(H,20,22)/p+1. The van der Waals surface area contributed by atoms with E-state index in [1.165, 1.54) is 23.3 Å². The molecule has 1 aromatic heterocycles. The van der Waals surface area contributed by atoms with Gasteiger partial charge in [-0.2, -0.15) is 0 Å². The van der Waals surface area contributed by atoms with Gasteiger partial charge in [0, 0.05) is 12.0 Å².